The molecule has 3 N–H and O–H groups in total. The van der Waals surface area contributed by atoms with Crippen molar-refractivity contribution in [2.45, 2.75) is 77.0 Å². The van der Waals surface area contributed by atoms with Crippen molar-refractivity contribution in [1.29, 1.82) is 0 Å². The number of alkyl halides is 1. The molecule has 0 aliphatic carbocycles. The third-order valence-corrected chi connectivity index (χ3v) is 9.38. The van der Waals surface area contributed by atoms with E-state index in [1.54, 1.807) is 24.3 Å². The lowest BCUT2D eigenvalue weighted by Crippen LogP contribution is -2.31. The zero-order chi connectivity index (χ0) is 35.8. The van der Waals surface area contributed by atoms with Gasteiger partial charge < -0.3 is 20.9 Å². The normalized spacial score (nSPS) is 16.3. The van der Waals surface area contributed by atoms with Crippen molar-refractivity contribution in [3.05, 3.63) is 110 Å². The second kappa shape index (κ2) is 24.6. The SMILES string of the molecule is C1CCNCC1.Nc1ccc(CCN2CCCCC2)cc1.O=[N+]([O-])c1ccc(CCCl)cc1.O=[N+]([O-])c1ccc(CCN2CCCCC2)cc1. The van der Waals surface area contributed by atoms with E-state index in [0.29, 0.717) is 5.88 Å². The number of nitrogens with two attached hydrogens (primary N) is 1. The Hall–Kier alpha value is -3.57. The Kier molecular flexibility index (Phi) is 20.1. The molecule has 3 saturated heterocycles. The van der Waals surface area contributed by atoms with E-state index in [1.165, 1.54) is 127 Å². The van der Waals surface area contributed by atoms with Gasteiger partial charge in [0.2, 0.25) is 0 Å². The number of non-ortho nitro benzene ring substituents is 2. The number of piperidine rings is 3. The second-order valence-electron chi connectivity index (χ2n) is 13.1. The van der Waals surface area contributed by atoms with Gasteiger partial charge in [-0.25, -0.2) is 0 Å². The minimum atomic E-state index is -0.412. The molecule has 3 heterocycles. The molecule has 11 heteroatoms. The second-order valence-corrected chi connectivity index (χ2v) is 13.5. The number of nitrogens with one attached hydrogen (secondary N) is 1. The summed E-state index contributed by atoms with van der Waals surface area (Å²) in [7, 11) is 0. The minimum absolute atomic E-state index is 0.119. The molecule has 274 valence electrons. The number of likely N-dealkylation sites (tertiary alicyclic amines) is 2. The number of aryl methyl sites for hydroxylation is 1. The smallest absolute Gasteiger partial charge is 0.269 e. The Labute approximate surface area is 303 Å². The van der Waals surface area contributed by atoms with Crippen LogP contribution in [0.4, 0.5) is 17.1 Å². The number of hydrogen-bond acceptors (Lipinski definition) is 8. The number of rotatable bonds is 10. The van der Waals surface area contributed by atoms with Gasteiger partial charge in [-0.15, -0.1) is 11.6 Å². The molecule has 50 heavy (non-hydrogen) atoms. The largest absolute Gasteiger partial charge is 0.399 e. The van der Waals surface area contributed by atoms with Crippen molar-refractivity contribution in [2.24, 2.45) is 0 Å². The maximum absolute atomic E-state index is 10.5. The number of anilines is 1. The molecule has 3 aliphatic heterocycles. The first-order valence-corrected chi connectivity index (χ1v) is 18.9. The Morgan fingerprint density at radius 2 is 0.920 bits per heavy atom. The van der Waals surface area contributed by atoms with Crippen LogP contribution in [0.3, 0.4) is 0 Å². The van der Waals surface area contributed by atoms with Crippen molar-refractivity contribution in [3.8, 4) is 0 Å². The lowest BCUT2D eigenvalue weighted by molar-refractivity contribution is -0.385. The van der Waals surface area contributed by atoms with Crippen LogP contribution in [0.15, 0.2) is 72.8 Å². The van der Waals surface area contributed by atoms with Crippen molar-refractivity contribution in [2.75, 3.05) is 64.0 Å². The zero-order valence-corrected chi connectivity index (χ0v) is 30.4. The van der Waals surface area contributed by atoms with Gasteiger partial charge >= 0.3 is 0 Å². The monoisotopic (exact) mass is 708 g/mol. The van der Waals surface area contributed by atoms with E-state index in [0.717, 1.165) is 37.1 Å². The van der Waals surface area contributed by atoms with E-state index < -0.39 is 4.92 Å². The van der Waals surface area contributed by atoms with Gasteiger partial charge in [0, 0.05) is 48.9 Å². The summed E-state index contributed by atoms with van der Waals surface area (Å²) >= 11 is 5.50. The number of nitrogens with zero attached hydrogens (tertiary/aromatic N) is 4. The molecule has 0 unspecified atom stereocenters. The Bertz CT molecular complexity index is 1330. The highest BCUT2D eigenvalue weighted by Gasteiger charge is 2.11. The molecule has 0 spiro atoms. The molecule has 3 aromatic rings. The minimum Gasteiger partial charge on any atom is -0.399 e. The third-order valence-electron chi connectivity index (χ3n) is 9.20. The predicted molar refractivity (Wildman–Crippen MR) is 206 cm³/mol. The first-order valence-electron chi connectivity index (χ1n) is 18.4. The quantitative estimate of drug-likeness (QED) is 0.0936. The molecule has 0 saturated carbocycles. The zero-order valence-electron chi connectivity index (χ0n) is 29.7. The van der Waals surface area contributed by atoms with E-state index in [-0.39, 0.29) is 16.3 Å². The number of nitrogen functional groups attached to an aromatic ring is 1. The van der Waals surface area contributed by atoms with Crippen molar-refractivity contribution >= 4 is 28.7 Å². The maximum atomic E-state index is 10.5. The molecule has 0 atom stereocenters. The van der Waals surface area contributed by atoms with Crippen molar-refractivity contribution in [3.63, 3.8) is 0 Å². The summed E-state index contributed by atoms with van der Waals surface area (Å²) in [5.41, 5.74) is 10.4. The first-order chi connectivity index (χ1) is 24.3. The fourth-order valence-corrected chi connectivity index (χ4v) is 6.32. The van der Waals surface area contributed by atoms with Crippen LogP contribution in [0.1, 0.15) is 74.5 Å². The van der Waals surface area contributed by atoms with Crippen molar-refractivity contribution < 1.29 is 9.85 Å². The summed E-state index contributed by atoms with van der Waals surface area (Å²) in [6, 6.07) is 21.6. The average molecular weight is 709 g/mol. The molecule has 0 radical (unpaired) electrons. The molecule has 0 amide bonds. The fraction of sp³-hybridized carbons (Fsp3) is 0.538. The first kappa shape index (κ1) is 40.9. The number of halogens is 1. The topological polar surface area (TPSA) is 131 Å². The summed E-state index contributed by atoms with van der Waals surface area (Å²) in [4.78, 5) is 25.0. The molecule has 0 bridgehead atoms. The van der Waals surface area contributed by atoms with Gasteiger partial charge in [0.1, 0.15) is 0 Å². The summed E-state index contributed by atoms with van der Waals surface area (Å²) in [6.07, 6.45) is 15.2. The molecule has 3 aliphatic rings. The molecular formula is C39H57ClN6O4. The fourth-order valence-electron chi connectivity index (χ4n) is 6.10. The number of nitro groups is 2. The third kappa shape index (κ3) is 17.4. The van der Waals surface area contributed by atoms with Crippen LogP contribution < -0.4 is 11.1 Å². The highest BCUT2D eigenvalue weighted by molar-refractivity contribution is 6.17. The highest BCUT2D eigenvalue weighted by Crippen LogP contribution is 2.15. The van der Waals surface area contributed by atoms with Gasteiger partial charge in [-0.05, 0) is 126 Å². The molecule has 0 aromatic heterocycles. The van der Waals surface area contributed by atoms with E-state index >= 15 is 0 Å². The van der Waals surface area contributed by atoms with E-state index in [4.69, 9.17) is 17.3 Å². The van der Waals surface area contributed by atoms with Gasteiger partial charge in [-0.3, -0.25) is 20.2 Å². The molecular weight excluding hydrogens is 652 g/mol. The molecule has 3 fully saturated rings. The molecule has 3 aromatic carbocycles. The molecule has 10 nitrogen and oxygen atoms in total. The summed E-state index contributed by atoms with van der Waals surface area (Å²) in [5, 5.41) is 24.0. The predicted octanol–water partition coefficient (Wildman–Crippen LogP) is 8.06. The van der Waals surface area contributed by atoms with Crippen molar-refractivity contribution in [1.82, 2.24) is 15.1 Å². The van der Waals surface area contributed by atoms with Crippen LogP contribution in [-0.4, -0.2) is 77.9 Å². The Morgan fingerprint density at radius 3 is 1.24 bits per heavy atom. The molecule has 6 rings (SSSR count). The standard InChI is InChI=1S/C13H18N2O2.C13H20N2.C8H8ClNO2.C5H11N/c16-15(17)13-6-4-12(5-7-13)8-11-14-9-2-1-3-10-14;14-13-6-4-12(5-7-13)8-11-15-9-2-1-3-10-15;9-6-5-7-1-3-8(4-2-7)10(11)12;1-2-4-6-5-3-1/h4-7H,1-3,8-11H2;4-7H,1-3,8-11,14H2;1-4H,5-6H2;6H,1-5H2. The van der Waals surface area contributed by atoms with Gasteiger partial charge in [0.05, 0.1) is 9.85 Å². The van der Waals surface area contributed by atoms with Crippen LogP contribution >= 0.6 is 11.6 Å². The van der Waals surface area contributed by atoms with Gasteiger partial charge in [0.25, 0.3) is 11.4 Å². The summed E-state index contributed by atoms with van der Waals surface area (Å²) in [6.45, 7) is 9.74. The Balaban J connectivity index is 0.000000189. The number of hydrogen-bond donors (Lipinski definition) is 2. The van der Waals surface area contributed by atoms with Crippen LogP contribution in [0.2, 0.25) is 0 Å². The van der Waals surface area contributed by atoms with Gasteiger partial charge in [-0.2, -0.15) is 0 Å². The van der Waals surface area contributed by atoms with E-state index in [9.17, 15) is 20.2 Å². The number of nitro benzene ring substituents is 2. The maximum Gasteiger partial charge on any atom is 0.269 e. The summed E-state index contributed by atoms with van der Waals surface area (Å²) in [5.74, 6) is 0.539. The lowest BCUT2D eigenvalue weighted by atomic mass is 10.1. The lowest BCUT2D eigenvalue weighted by Gasteiger charge is -2.26. The number of benzene rings is 3. The van der Waals surface area contributed by atoms with Crippen LogP contribution in [0.25, 0.3) is 0 Å². The average Bonchev–Trinajstić information content (AvgIpc) is 3.17. The van der Waals surface area contributed by atoms with Gasteiger partial charge in [-0.1, -0.05) is 55.7 Å². The van der Waals surface area contributed by atoms with Crippen LogP contribution in [0, 0.1) is 20.2 Å². The Morgan fingerprint density at radius 1 is 0.560 bits per heavy atom. The van der Waals surface area contributed by atoms with Gasteiger partial charge in [0.15, 0.2) is 0 Å². The van der Waals surface area contributed by atoms with Crippen LogP contribution in [0.5, 0.6) is 0 Å². The van der Waals surface area contributed by atoms with E-state index in [2.05, 4.69) is 27.2 Å². The summed E-state index contributed by atoms with van der Waals surface area (Å²) < 4.78 is 0. The van der Waals surface area contributed by atoms with Crippen LogP contribution in [-0.2, 0) is 19.3 Å². The van der Waals surface area contributed by atoms with E-state index in [1.807, 2.05) is 24.3 Å². The highest BCUT2D eigenvalue weighted by atomic mass is 35.5.